The molecule has 3 rings (SSSR count). The first-order chi connectivity index (χ1) is 11.1. The van der Waals surface area contributed by atoms with Crippen molar-refractivity contribution in [3.63, 3.8) is 0 Å². The molecule has 5 heteroatoms. The molecular formula is C18H17N3O2. The molecule has 0 radical (unpaired) electrons. The van der Waals surface area contributed by atoms with Crippen molar-refractivity contribution in [3.8, 4) is 17.3 Å². The second kappa shape index (κ2) is 6.04. The molecule has 0 spiro atoms. The number of pyridine rings is 2. The number of carbonyl (C=O) groups excluding carboxylic acids is 1. The number of fused-ring (bicyclic) bond motifs is 1. The number of amides is 1. The highest BCUT2D eigenvalue weighted by Gasteiger charge is 2.08. The topological polar surface area (TPSA) is 78.1 Å². The molecule has 116 valence electrons. The van der Waals surface area contributed by atoms with Crippen LogP contribution < -0.4 is 10.5 Å². The van der Waals surface area contributed by atoms with E-state index in [-0.39, 0.29) is 12.3 Å². The SMILES string of the molecule is COc1cccc(-c2cc(C)c3ccc(CC(N)=O)cc3n2)n1. The molecule has 1 aromatic carbocycles. The van der Waals surface area contributed by atoms with Crippen LogP contribution in [0.3, 0.4) is 0 Å². The van der Waals surface area contributed by atoms with Crippen LogP contribution in [0, 0.1) is 6.92 Å². The van der Waals surface area contributed by atoms with E-state index in [1.807, 2.05) is 43.3 Å². The first-order valence-electron chi connectivity index (χ1n) is 7.27. The largest absolute Gasteiger partial charge is 0.481 e. The van der Waals surface area contributed by atoms with E-state index < -0.39 is 0 Å². The number of methoxy groups -OCH3 is 1. The Hall–Kier alpha value is -2.95. The Balaban J connectivity index is 2.12. The molecule has 0 bridgehead atoms. The van der Waals surface area contributed by atoms with Gasteiger partial charge in [0.05, 0.1) is 30.4 Å². The summed E-state index contributed by atoms with van der Waals surface area (Å²) in [6.45, 7) is 2.03. The van der Waals surface area contributed by atoms with Gasteiger partial charge in [0.25, 0.3) is 0 Å². The Morgan fingerprint density at radius 3 is 2.70 bits per heavy atom. The summed E-state index contributed by atoms with van der Waals surface area (Å²) in [5.74, 6) is 0.191. The molecular weight excluding hydrogens is 290 g/mol. The first-order valence-corrected chi connectivity index (χ1v) is 7.27. The Kier molecular flexibility index (Phi) is 3.93. The lowest BCUT2D eigenvalue weighted by Gasteiger charge is -2.08. The lowest BCUT2D eigenvalue weighted by molar-refractivity contribution is -0.117. The van der Waals surface area contributed by atoms with Gasteiger partial charge in [-0.25, -0.2) is 9.97 Å². The van der Waals surface area contributed by atoms with Gasteiger partial charge in [0, 0.05) is 11.5 Å². The van der Waals surface area contributed by atoms with Gasteiger partial charge in [0.15, 0.2) is 0 Å². The van der Waals surface area contributed by atoms with Crippen molar-refractivity contribution < 1.29 is 9.53 Å². The van der Waals surface area contributed by atoms with E-state index in [2.05, 4.69) is 9.97 Å². The molecule has 23 heavy (non-hydrogen) atoms. The normalized spacial score (nSPS) is 10.7. The number of nitrogens with zero attached hydrogens (tertiary/aromatic N) is 2. The minimum absolute atomic E-state index is 0.207. The van der Waals surface area contributed by atoms with Crippen LogP contribution in [0.4, 0.5) is 0 Å². The van der Waals surface area contributed by atoms with Crippen LogP contribution in [0.15, 0.2) is 42.5 Å². The van der Waals surface area contributed by atoms with Crippen LogP contribution in [0.1, 0.15) is 11.1 Å². The average molecular weight is 307 g/mol. The fourth-order valence-corrected chi connectivity index (χ4v) is 2.56. The predicted octanol–water partition coefficient (Wildman–Crippen LogP) is 2.64. The average Bonchev–Trinajstić information content (AvgIpc) is 2.54. The Morgan fingerprint density at radius 2 is 1.96 bits per heavy atom. The highest BCUT2D eigenvalue weighted by Crippen LogP contribution is 2.25. The molecule has 0 saturated carbocycles. The summed E-state index contributed by atoms with van der Waals surface area (Å²) >= 11 is 0. The van der Waals surface area contributed by atoms with Gasteiger partial charge in [-0.1, -0.05) is 18.2 Å². The molecule has 2 aromatic heterocycles. The van der Waals surface area contributed by atoms with Crippen LogP contribution in [0.25, 0.3) is 22.3 Å². The minimum Gasteiger partial charge on any atom is -0.481 e. The second-order valence-electron chi connectivity index (χ2n) is 5.38. The van der Waals surface area contributed by atoms with Crippen LogP contribution >= 0.6 is 0 Å². The summed E-state index contributed by atoms with van der Waals surface area (Å²) in [5, 5.41) is 1.05. The monoisotopic (exact) mass is 307 g/mol. The third-order valence-corrected chi connectivity index (χ3v) is 3.65. The Bertz CT molecular complexity index is 891. The second-order valence-corrected chi connectivity index (χ2v) is 5.38. The first kappa shape index (κ1) is 15.0. The number of nitrogens with two attached hydrogens (primary N) is 1. The zero-order valence-corrected chi connectivity index (χ0v) is 13.0. The highest BCUT2D eigenvalue weighted by molar-refractivity contribution is 5.86. The number of carbonyl (C=O) groups is 1. The van der Waals surface area contributed by atoms with E-state index in [1.165, 1.54) is 0 Å². The summed E-state index contributed by atoms with van der Waals surface area (Å²) in [6, 6.07) is 13.3. The summed E-state index contributed by atoms with van der Waals surface area (Å²) in [5.41, 5.74) is 9.56. The van der Waals surface area contributed by atoms with Crippen molar-refractivity contribution in [2.24, 2.45) is 5.73 Å². The van der Waals surface area contributed by atoms with Gasteiger partial charge >= 0.3 is 0 Å². The van der Waals surface area contributed by atoms with Crippen molar-refractivity contribution in [1.29, 1.82) is 0 Å². The number of hydrogen-bond acceptors (Lipinski definition) is 4. The maximum atomic E-state index is 11.1. The molecule has 0 aliphatic rings. The smallest absolute Gasteiger partial charge is 0.221 e. The van der Waals surface area contributed by atoms with Gasteiger partial charge in [-0.05, 0) is 36.2 Å². The lowest BCUT2D eigenvalue weighted by atomic mass is 10.0. The van der Waals surface area contributed by atoms with E-state index in [4.69, 9.17) is 10.5 Å². The number of aromatic nitrogens is 2. The minimum atomic E-state index is -0.355. The van der Waals surface area contributed by atoms with E-state index in [0.717, 1.165) is 33.4 Å². The van der Waals surface area contributed by atoms with E-state index >= 15 is 0 Å². The van der Waals surface area contributed by atoms with Crippen molar-refractivity contribution >= 4 is 16.8 Å². The fourth-order valence-electron chi connectivity index (χ4n) is 2.56. The fraction of sp³-hybridized carbons (Fsp3) is 0.167. The maximum Gasteiger partial charge on any atom is 0.221 e. The van der Waals surface area contributed by atoms with Gasteiger partial charge in [-0.15, -0.1) is 0 Å². The zero-order chi connectivity index (χ0) is 16.4. The molecule has 0 atom stereocenters. The molecule has 0 saturated heterocycles. The number of ether oxygens (including phenoxy) is 1. The molecule has 2 N–H and O–H groups in total. The standard InChI is InChI=1S/C18H17N3O2/c1-11-8-16(14-4-3-5-18(21-14)23-2)20-15-9-12(10-17(19)22)6-7-13(11)15/h3-9H,10H2,1-2H3,(H2,19,22). The summed E-state index contributed by atoms with van der Waals surface area (Å²) in [4.78, 5) is 20.2. The summed E-state index contributed by atoms with van der Waals surface area (Å²) < 4.78 is 5.17. The summed E-state index contributed by atoms with van der Waals surface area (Å²) in [7, 11) is 1.58. The van der Waals surface area contributed by atoms with Crippen LogP contribution in [-0.2, 0) is 11.2 Å². The van der Waals surface area contributed by atoms with Crippen molar-refractivity contribution in [3.05, 3.63) is 53.6 Å². The molecule has 0 aliphatic heterocycles. The van der Waals surface area contributed by atoms with Crippen molar-refractivity contribution in [2.45, 2.75) is 13.3 Å². The molecule has 0 unspecified atom stereocenters. The van der Waals surface area contributed by atoms with Gasteiger partial charge < -0.3 is 10.5 Å². The number of aryl methyl sites for hydroxylation is 1. The molecule has 0 aliphatic carbocycles. The van der Waals surface area contributed by atoms with Gasteiger partial charge in [-0.2, -0.15) is 0 Å². The molecule has 2 heterocycles. The molecule has 3 aromatic rings. The molecule has 5 nitrogen and oxygen atoms in total. The Morgan fingerprint density at radius 1 is 1.13 bits per heavy atom. The predicted molar refractivity (Wildman–Crippen MR) is 89.2 cm³/mol. The number of primary amides is 1. The maximum absolute atomic E-state index is 11.1. The lowest BCUT2D eigenvalue weighted by Crippen LogP contribution is -2.13. The van der Waals surface area contributed by atoms with Crippen molar-refractivity contribution in [1.82, 2.24) is 9.97 Å². The third kappa shape index (κ3) is 3.13. The summed E-state index contributed by atoms with van der Waals surface area (Å²) in [6.07, 6.45) is 0.207. The van der Waals surface area contributed by atoms with Gasteiger partial charge in [-0.3, -0.25) is 4.79 Å². The third-order valence-electron chi connectivity index (χ3n) is 3.65. The van der Waals surface area contributed by atoms with Gasteiger partial charge in [0.1, 0.15) is 0 Å². The van der Waals surface area contributed by atoms with E-state index in [9.17, 15) is 4.79 Å². The molecule has 0 fully saturated rings. The van der Waals surface area contributed by atoms with Crippen molar-refractivity contribution in [2.75, 3.05) is 7.11 Å². The zero-order valence-electron chi connectivity index (χ0n) is 13.0. The van der Waals surface area contributed by atoms with E-state index in [1.54, 1.807) is 13.2 Å². The highest BCUT2D eigenvalue weighted by atomic mass is 16.5. The number of hydrogen-bond donors (Lipinski definition) is 1. The number of benzene rings is 1. The number of rotatable bonds is 4. The van der Waals surface area contributed by atoms with Gasteiger partial charge in [0.2, 0.25) is 11.8 Å². The van der Waals surface area contributed by atoms with Crippen LogP contribution in [0.2, 0.25) is 0 Å². The van der Waals surface area contributed by atoms with Crippen LogP contribution in [0.5, 0.6) is 5.88 Å². The quantitative estimate of drug-likeness (QED) is 0.803. The Labute approximate surface area is 134 Å². The van der Waals surface area contributed by atoms with E-state index in [0.29, 0.717) is 5.88 Å². The molecule has 1 amide bonds. The van der Waals surface area contributed by atoms with Crippen LogP contribution in [-0.4, -0.2) is 23.0 Å².